The normalized spacial score (nSPS) is 31.9. The first-order chi connectivity index (χ1) is 6.15. The molecule has 0 aromatic rings. The molecular weight excluding hydrogens is 176 g/mol. The zero-order chi connectivity index (χ0) is 10.4. The third-order valence-electron chi connectivity index (χ3n) is 1.84. The Kier molecular flexibility index (Phi) is 5.61. The molecule has 5 nitrogen and oxygen atoms in total. The number of hydrogen-bond donors (Lipinski definition) is 2. The van der Waals surface area contributed by atoms with Gasteiger partial charge in [0.2, 0.25) is 0 Å². The summed E-state index contributed by atoms with van der Waals surface area (Å²) in [5.74, 6) is -0.409. The average Bonchev–Trinajstić information content (AvgIpc) is 2.49. The molecule has 78 valence electrons. The summed E-state index contributed by atoms with van der Waals surface area (Å²) in [4.78, 5) is 10.8. The number of methoxy groups -OCH3 is 1. The molecule has 1 rings (SSSR count). The summed E-state index contributed by atoms with van der Waals surface area (Å²) in [5.41, 5.74) is 0. The van der Waals surface area contributed by atoms with Crippen molar-refractivity contribution < 1.29 is 24.5 Å². The fourth-order valence-electron chi connectivity index (χ4n) is 1.10. The summed E-state index contributed by atoms with van der Waals surface area (Å²) in [7, 11) is 2.31. The van der Waals surface area contributed by atoms with Gasteiger partial charge >= 0.3 is 5.97 Å². The number of rotatable bonds is 1. The Balaban J connectivity index is 0.000000671. The van der Waals surface area contributed by atoms with Crippen molar-refractivity contribution in [2.45, 2.75) is 31.7 Å². The monoisotopic (exact) mass is 192 g/mol. The summed E-state index contributed by atoms with van der Waals surface area (Å²) >= 11 is 0. The van der Waals surface area contributed by atoms with E-state index in [2.05, 4.69) is 4.74 Å². The predicted molar refractivity (Wildman–Crippen MR) is 45.1 cm³/mol. The Morgan fingerprint density at radius 1 is 1.54 bits per heavy atom. The summed E-state index contributed by atoms with van der Waals surface area (Å²) in [6.45, 7) is 1.73. The van der Waals surface area contributed by atoms with Gasteiger partial charge in [0.1, 0.15) is 0 Å². The molecule has 0 radical (unpaired) electrons. The average molecular weight is 192 g/mol. The molecule has 1 aliphatic heterocycles. The van der Waals surface area contributed by atoms with Gasteiger partial charge in [-0.15, -0.1) is 0 Å². The van der Waals surface area contributed by atoms with Gasteiger partial charge in [-0.25, -0.2) is 4.79 Å². The van der Waals surface area contributed by atoms with E-state index in [0.29, 0.717) is 6.42 Å². The van der Waals surface area contributed by atoms with Crippen molar-refractivity contribution in [3.8, 4) is 0 Å². The van der Waals surface area contributed by atoms with Crippen LogP contribution in [0.25, 0.3) is 0 Å². The van der Waals surface area contributed by atoms with Crippen LogP contribution in [0.1, 0.15) is 13.3 Å². The van der Waals surface area contributed by atoms with Crippen LogP contribution in [0.2, 0.25) is 0 Å². The number of esters is 1. The second kappa shape index (κ2) is 5.90. The molecule has 0 aromatic carbocycles. The fraction of sp³-hybridized carbons (Fsp3) is 0.875. The Hall–Kier alpha value is -0.650. The minimum absolute atomic E-state index is 0.265. The van der Waals surface area contributed by atoms with E-state index < -0.39 is 18.2 Å². The number of hydrogen-bond acceptors (Lipinski definition) is 5. The van der Waals surface area contributed by atoms with E-state index in [9.17, 15) is 9.90 Å². The Bertz CT molecular complexity index is 149. The molecule has 1 heterocycles. The van der Waals surface area contributed by atoms with Crippen LogP contribution in [0.3, 0.4) is 0 Å². The van der Waals surface area contributed by atoms with E-state index in [1.807, 2.05) is 0 Å². The van der Waals surface area contributed by atoms with Gasteiger partial charge in [-0.1, -0.05) is 0 Å². The van der Waals surface area contributed by atoms with Gasteiger partial charge in [0.15, 0.2) is 6.10 Å². The molecule has 0 saturated carbocycles. The maximum absolute atomic E-state index is 10.8. The van der Waals surface area contributed by atoms with Crippen LogP contribution >= 0.6 is 0 Å². The lowest BCUT2D eigenvalue weighted by Crippen LogP contribution is -2.21. The molecule has 3 atom stereocenters. The predicted octanol–water partition coefficient (Wildman–Crippen LogP) is -0.694. The quantitative estimate of drug-likeness (QED) is 0.538. The maximum atomic E-state index is 10.8. The molecule has 1 fully saturated rings. The van der Waals surface area contributed by atoms with Gasteiger partial charge in [0.25, 0.3) is 0 Å². The van der Waals surface area contributed by atoms with Crippen LogP contribution in [0, 0.1) is 0 Å². The Morgan fingerprint density at radius 2 is 2.08 bits per heavy atom. The summed E-state index contributed by atoms with van der Waals surface area (Å²) < 4.78 is 9.56. The molecule has 0 amide bonds. The van der Waals surface area contributed by atoms with E-state index in [1.54, 1.807) is 6.92 Å². The van der Waals surface area contributed by atoms with Gasteiger partial charge in [0.05, 0.1) is 19.3 Å². The highest BCUT2D eigenvalue weighted by atomic mass is 16.6. The van der Waals surface area contributed by atoms with Crippen molar-refractivity contribution in [1.82, 2.24) is 0 Å². The number of aliphatic hydroxyl groups is 2. The van der Waals surface area contributed by atoms with E-state index in [1.165, 1.54) is 7.11 Å². The molecule has 0 aromatic heterocycles. The topological polar surface area (TPSA) is 76.0 Å². The second-order valence-electron chi connectivity index (χ2n) is 2.66. The first-order valence-corrected chi connectivity index (χ1v) is 4.01. The molecule has 13 heavy (non-hydrogen) atoms. The van der Waals surface area contributed by atoms with Crippen molar-refractivity contribution in [1.29, 1.82) is 0 Å². The van der Waals surface area contributed by atoms with Crippen molar-refractivity contribution >= 4 is 5.97 Å². The van der Waals surface area contributed by atoms with Crippen LogP contribution in [-0.2, 0) is 14.3 Å². The van der Waals surface area contributed by atoms with Crippen LogP contribution in [0.4, 0.5) is 0 Å². The molecule has 0 spiro atoms. The molecule has 1 aliphatic rings. The minimum Gasteiger partial charge on any atom is -0.467 e. The second-order valence-corrected chi connectivity index (χ2v) is 2.66. The van der Waals surface area contributed by atoms with Crippen molar-refractivity contribution in [2.75, 3.05) is 14.2 Å². The van der Waals surface area contributed by atoms with Gasteiger partial charge in [0, 0.05) is 13.5 Å². The van der Waals surface area contributed by atoms with Gasteiger partial charge in [-0.05, 0) is 6.92 Å². The third kappa shape index (κ3) is 3.30. The molecule has 0 bridgehead atoms. The number of carbonyl (C=O) groups is 1. The minimum atomic E-state index is -0.579. The molecule has 5 heteroatoms. The van der Waals surface area contributed by atoms with Crippen molar-refractivity contribution in [3.63, 3.8) is 0 Å². The highest BCUT2D eigenvalue weighted by Gasteiger charge is 2.35. The van der Waals surface area contributed by atoms with Crippen molar-refractivity contribution in [2.24, 2.45) is 0 Å². The Morgan fingerprint density at radius 3 is 2.38 bits per heavy atom. The Labute approximate surface area is 77.3 Å². The zero-order valence-electron chi connectivity index (χ0n) is 8.06. The highest BCUT2D eigenvalue weighted by Crippen LogP contribution is 2.20. The summed E-state index contributed by atoms with van der Waals surface area (Å²) in [5, 5.41) is 16.2. The summed E-state index contributed by atoms with van der Waals surface area (Å²) in [6.07, 6.45) is -1.04. The highest BCUT2D eigenvalue weighted by molar-refractivity contribution is 5.74. The summed E-state index contributed by atoms with van der Waals surface area (Å²) in [6, 6.07) is 0. The van der Waals surface area contributed by atoms with Crippen LogP contribution < -0.4 is 0 Å². The number of ether oxygens (including phenoxy) is 2. The molecule has 2 N–H and O–H groups in total. The number of carbonyl (C=O) groups excluding carboxylic acids is 1. The number of aliphatic hydroxyl groups excluding tert-OH is 2. The standard InChI is InChI=1S/C7H12O4.CH4O/c1-4-5(8)3-6(11-4)7(9)10-2;1-2/h4-6,8H,3H2,1-2H3;2H,1H3/t4-,5+,6-;/m0./s1. The van der Waals surface area contributed by atoms with E-state index in [4.69, 9.17) is 9.84 Å². The van der Waals surface area contributed by atoms with E-state index in [-0.39, 0.29) is 6.10 Å². The largest absolute Gasteiger partial charge is 0.467 e. The molecular formula is C8H16O5. The van der Waals surface area contributed by atoms with E-state index in [0.717, 1.165) is 7.11 Å². The maximum Gasteiger partial charge on any atom is 0.335 e. The van der Waals surface area contributed by atoms with Crippen LogP contribution in [0.5, 0.6) is 0 Å². The molecule has 1 saturated heterocycles. The lowest BCUT2D eigenvalue weighted by molar-refractivity contribution is -0.152. The van der Waals surface area contributed by atoms with Crippen LogP contribution in [-0.4, -0.2) is 48.7 Å². The third-order valence-corrected chi connectivity index (χ3v) is 1.84. The zero-order valence-corrected chi connectivity index (χ0v) is 8.06. The van der Waals surface area contributed by atoms with E-state index >= 15 is 0 Å². The first kappa shape index (κ1) is 12.3. The van der Waals surface area contributed by atoms with Gasteiger partial charge < -0.3 is 19.7 Å². The van der Waals surface area contributed by atoms with Gasteiger partial charge in [-0.3, -0.25) is 0 Å². The molecule has 0 aliphatic carbocycles. The lowest BCUT2D eigenvalue weighted by Gasteiger charge is -2.07. The smallest absolute Gasteiger partial charge is 0.335 e. The fourth-order valence-corrected chi connectivity index (χ4v) is 1.10. The van der Waals surface area contributed by atoms with Crippen LogP contribution in [0.15, 0.2) is 0 Å². The first-order valence-electron chi connectivity index (χ1n) is 4.01. The lowest BCUT2D eigenvalue weighted by atomic mass is 10.1. The SMILES string of the molecule is CO.COC(=O)[C@@H]1C[C@@H](O)[C@H](C)O1. The van der Waals surface area contributed by atoms with Gasteiger partial charge in [-0.2, -0.15) is 0 Å². The van der Waals surface area contributed by atoms with Crippen molar-refractivity contribution in [3.05, 3.63) is 0 Å². The molecule has 0 unspecified atom stereocenters.